The van der Waals surface area contributed by atoms with Crippen LogP contribution in [0.5, 0.6) is 5.75 Å². The van der Waals surface area contributed by atoms with Crippen LogP contribution in [0.15, 0.2) is 61.1 Å². The average molecular weight is 468 g/mol. The highest BCUT2D eigenvalue weighted by Crippen LogP contribution is 2.25. The van der Waals surface area contributed by atoms with Gasteiger partial charge in [-0.15, -0.1) is 0 Å². The number of aromatic nitrogens is 6. The molecular formula is C26H25N7O2. The number of amides is 1. The fraction of sp³-hybridized carbons (Fsp3) is 0.192. The molecule has 0 unspecified atom stereocenters. The van der Waals surface area contributed by atoms with Gasteiger partial charge in [-0.05, 0) is 61.7 Å². The Balaban J connectivity index is 1.47. The molecule has 3 heterocycles. The number of hydrogen-bond donors (Lipinski definition) is 1. The molecule has 0 aliphatic heterocycles. The first-order valence-corrected chi connectivity index (χ1v) is 11.2. The van der Waals surface area contributed by atoms with Gasteiger partial charge in [-0.2, -0.15) is 14.9 Å². The Kier molecular flexibility index (Phi) is 5.74. The van der Waals surface area contributed by atoms with Gasteiger partial charge in [0.2, 0.25) is 5.91 Å². The second-order valence-corrected chi connectivity index (χ2v) is 8.42. The number of methoxy groups -OCH3 is 1. The monoisotopic (exact) mass is 467 g/mol. The molecule has 5 rings (SSSR count). The van der Waals surface area contributed by atoms with Gasteiger partial charge in [0, 0.05) is 6.07 Å². The van der Waals surface area contributed by atoms with Crippen molar-refractivity contribution in [2.75, 3.05) is 12.4 Å². The smallest absolute Gasteiger partial charge is 0.229 e. The molecule has 0 aliphatic rings. The average Bonchev–Trinajstić information content (AvgIpc) is 3.44. The van der Waals surface area contributed by atoms with E-state index in [1.54, 1.807) is 22.7 Å². The Hall–Kier alpha value is -4.53. The van der Waals surface area contributed by atoms with Gasteiger partial charge in [-0.1, -0.05) is 18.2 Å². The van der Waals surface area contributed by atoms with Crippen LogP contribution in [-0.4, -0.2) is 42.5 Å². The van der Waals surface area contributed by atoms with Crippen LogP contribution in [0.4, 0.5) is 5.82 Å². The van der Waals surface area contributed by atoms with Crippen molar-refractivity contribution >= 4 is 22.8 Å². The SMILES string of the molecule is COc1ccc(CC(=O)Nc2cc(C)nn2-c2ncnc3c2cnn3-c2ccc(C)c(C)c2)cc1. The molecule has 0 radical (unpaired) electrons. The van der Waals surface area contributed by atoms with E-state index in [9.17, 15) is 4.79 Å². The number of hydrogen-bond acceptors (Lipinski definition) is 6. The van der Waals surface area contributed by atoms with E-state index in [4.69, 9.17) is 4.74 Å². The maximum absolute atomic E-state index is 12.8. The molecule has 0 aliphatic carbocycles. The third kappa shape index (κ3) is 4.35. The van der Waals surface area contributed by atoms with Crippen molar-refractivity contribution < 1.29 is 9.53 Å². The Morgan fingerprint density at radius 3 is 2.51 bits per heavy atom. The van der Waals surface area contributed by atoms with Gasteiger partial charge in [0.15, 0.2) is 11.5 Å². The maximum atomic E-state index is 12.8. The lowest BCUT2D eigenvalue weighted by atomic mass is 10.1. The molecule has 35 heavy (non-hydrogen) atoms. The molecule has 0 saturated heterocycles. The molecule has 0 spiro atoms. The number of fused-ring (bicyclic) bond motifs is 1. The normalized spacial score (nSPS) is 11.1. The second kappa shape index (κ2) is 9.02. The molecule has 3 aromatic heterocycles. The molecule has 1 N–H and O–H groups in total. The van der Waals surface area contributed by atoms with E-state index in [1.165, 1.54) is 17.5 Å². The fourth-order valence-corrected chi connectivity index (χ4v) is 3.91. The number of nitrogens with one attached hydrogen (secondary N) is 1. The van der Waals surface area contributed by atoms with Gasteiger partial charge >= 0.3 is 0 Å². The number of carbonyl (C=O) groups excluding carboxylic acids is 1. The molecule has 9 heteroatoms. The lowest BCUT2D eigenvalue weighted by Crippen LogP contribution is -2.17. The zero-order valence-corrected chi connectivity index (χ0v) is 20.0. The predicted molar refractivity (Wildman–Crippen MR) is 133 cm³/mol. The first-order chi connectivity index (χ1) is 16.9. The van der Waals surface area contributed by atoms with E-state index >= 15 is 0 Å². The topological polar surface area (TPSA) is 99.8 Å². The number of anilines is 1. The van der Waals surface area contributed by atoms with Gasteiger partial charge in [0.25, 0.3) is 0 Å². The summed E-state index contributed by atoms with van der Waals surface area (Å²) < 4.78 is 8.59. The van der Waals surface area contributed by atoms with Crippen molar-refractivity contribution in [1.82, 2.24) is 29.5 Å². The summed E-state index contributed by atoms with van der Waals surface area (Å²) in [6, 6.07) is 15.4. The molecule has 0 bridgehead atoms. The number of benzene rings is 2. The number of ether oxygens (including phenoxy) is 1. The summed E-state index contributed by atoms with van der Waals surface area (Å²) in [6.45, 7) is 6.01. The lowest BCUT2D eigenvalue weighted by Gasteiger charge is -2.10. The summed E-state index contributed by atoms with van der Waals surface area (Å²) in [5.74, 6) is 1.65. The minimum Gasteiger partial charge on any atom is -0.497 e. The first-order valence-electron chi connectivity index (χ1n) is 11.2. The minimum absolute atomic E-state index is 0.160. The van der Waals surface area contributed by atoms with E-state index in [0.29, 0.717) is 17.3 Å². The molecular weight excluding hydrogens is 442 g/mol. The summed E-state index contributed by atoms with van der Waals surface area (Å²) in [7, 11) is 1.61. The van der Waals surface area contributed by atoms with Crippen molar-refractivity contribution in [3.8, 4) is 17.3 Å². The number of nitrogens with zero attached hydrogens (tertiary/aromatic N) is 6. The van der Waals surface area contributed by atoms with Crippen molar-refractivity contribution in [2.24, 2.45) is 0 Å². The molecule has 9 nitrogen and oxygen atoms in total. The Morgan fingerprint density at radius 2 is 1.77 bits per heavy atom. The van der Waals surface area contributed by atoms with E-state index < -0.39 is 0 Å². The maximum Gasteiger partial charge on any atom is 0.229 e. The summed E-state index contributed by atoms with van der Waals surface area (Å²) in [5, 5.41) is 12.8. The highest BCUT2D eigenvalue weighted by atomic mass is 16.5. The molecule has 0 fully saturated rings. The second-order valence-electron chi connectivity index (χ2n) is 8.42. The fourth-order valence-electron chi connectivity index (χ4n) is 3.91. The van der Waals surface area contributed by atoms with Gasteiger partial charge < -0.3 is 10.1 Å². The van der Waals surface area contributed by atoms with Crippen molar-refractivity contribution in [3.05, 3.63) is 83.4 Å². The van der Waals surface area contributed by atoms with E-state index in [1.807, 2.05) is 43.3 Å². The molecule has 2 aromatic carbocycles. The van der Waals surface area contributed by atoms with Gasteiger partial charge in [-0.25, -0.2) is 14.6 Å². The van der Waals surface area contributed by atoms with Gasteiger partial charge in [0.05, 0.1) is 36.5 Å². The third-order valence-corrected chi connectivity index (χ3v) is 5.90. The zero-order chi connectivity index (χ0) is 24.5. The summed E-state index contributed by atoms with van der Waals surface area (Å²) in [6.07, 6.45) is 3.43. The Morgan fingerprint density at radius 1 is 0.971 bits per heavy atom. The van der Waals surface area contributed by atoms with Crippen molar-refractivity contribution in [2.45, 2.75) is 27.2 Å². The number of rotatable bonds is 6. The van der Waals surface area contributed by atoms with Crippen LogP contribution in [0.2, 0.25) is 0 Å². The molecule has 5 aromatic rings. The van der Waals surface area contributed by atoms with Crippen LogP contribution in [0.3, 0.4) is 0 Å². The van der Waals surface area contributed by atoms with Crippen molar-refractivity contribution in [1.29, 1.82) is 0 Å². The minimum atomic E-state index is -0.160. The predicted octanol–water partition coefficient (Wildman–Crippen LogP) is 4.12. The first kappa shape index (κ1) is 22.3. The molecule has 0 saturated carbocycles. The highest BCUT2D eigenvalue weighted by molar-refractivity contribution is 5.92. The Bertz CT molecular complexity index is 1530. The summed E-state index contributed by atoms with van der Waals surface area (Å²) in [4.78, 5) is 21.8. The highest BCUT2D eigenvalue weighted by Gasteiger charge is 2.18. The quantitative estimate of drug-likeness (QED) is 0.403. The van der Waals surface area contributed by atoms with Crippen LogP contribution < -0.4 is 10.1 Å². The van der Waals surface area contributed by atoms with Crippen LogP contribution in [0.25, 0.3) is 22.5 Å². The molecule has 1 amide bonds. The van der Waals surface area contributed by atoms with Crippen LogP contribution in [0.1, 0.15) is 22.4 Å². The van der Waals surface area contributed by atoms with Gasteiger partial charge in [0.1, 0.15) is 17.9 Å². The largest absolute Gasteiger partial charge is 0.497 e. The third-order valence-electron chi connectivity index (χ3n) is 5.90. The van der Waals surface area contributed by atoms with Crippen LogP contribution in [0, 0.1) is 20.8 Å². The standard InChI is InChI=1S/C26H25N7O2/c1-16-5-8-20(11-17(16)2)32-25-22(14-29-32)26(28-15-27-25)33-23(12-18(3)31-33)30-24(34)13-19-6-9-21(35-4)10-7-19/h5-12,14-15H,13H2,1-4H3,(H,30,34). The zero-order valence-electron chi connectivity index (χ0n) is 20.0. The Labute approximate surface area is 202 Å². The van der Waals surface area contributed by atoms with Crippen LogP contribution in [-0.2, 0) is 11.2 Å². The van der Waals surface area contributed by atoms with Gasteiger partial charge in [-0.3, -0.25) is 4.79 Å². The van der Waals surface area contributed by atoms with Crippen molar-refractivity contribution in [3.63, 3.8) is 0 Å². The summed E-state index contributed by atoms with van der Waals surface area (Å²) in [5.41, 5.74) is 5.58. The molecule has 176 valence electrons. The molecule has 0 atom stereocenters. The van der Waals surface area contributed by atoms with Crippen LogP contribution >= 0.6 is 0 Å². The van der Waals surface area contributed by atoms with E-state index in [-0.39, 0.29) is 12.3 Å². The number of aryl methyl sites for hydroxylation is 3. The summed E-state index contributed by atoms with van der Waals surface area (Å²) >= 11 is 0. The lowest BCUT2D eigenvalue weighted by molar-refractivity contribution is -0.115. The van der Waals surface area contributed by atoms with E-state index in [0.717, 1.165) is 28.1 Å². The van der Waals surface area contributed by atoms with E-state index in [2.05, 4.69) is 51.5 Å². The number of carbonyl (C=O) groups is 1.